The van der Waals surface area contributed by atoms with E-state index in [-0.39, 0.29) is 11.3 Å². The van der Waals surface area contributed by atoms with Crippen molar-refractivity contribution >= 4 is 22.4 Å². The number of nitrogens with two attached hydrogens (primary N) is 1. The molecule has 0 bridgehead atoms. The van der Waals surface area contributed by atoms with Crippen LogP contribution in [0.3, 0.4) is 0 Å². The Balaban J connectivity index is 1.99. The highest BCUT2D eigenvalue weighted by molar-refractivity contribution is 6.10. The molecule has 0 saturated carbocycles. The van der Waals surface area contributed by atoms with Crippen LogP contribution in [0.15, 0.2) is 42.5 Å². The van der Waals surface area contributed by atoms with Crippen LogP contribution in [0.5, 0.6) is 5.75 Å². The summed E-state index contributed by atoms with van der Waals surface area (Å²) in [5, 5.41) is 3.35. The van der Waals surface area contributed by atoms with Gasteiger partial charge in [-0.15, -0.1) is 0 Å². The summed E-state index contributed by atoms with van der Waals surface area (Å²) in [6, 6.07) is 11.9. The topological polar surface area (TPSA) is 80.1 Å². The van der Waals surface area contributed by atoms with Crippen molar-refractivity contribution in [1.29, 1.82) is 0 Å². The van der Waals surface area contributed by atoms with Crippen LogP contribution >= 0.6 is 0 Å². The molecule has 0 saturated heterocycles. The zero-order valence-electron chi connectivity index (χ0n) is 13.4. The van der Waals surface area contributed by atoms with Crippen LogP contribution < -0.4 is 15.8 Å². The van der Waals surface area contributed by atoms with Gasteiger partial charge >= 0.3 is 0 Å². The molecule has 0 amide bonds. The average Bonchev–Trinajstić information content (AvgIpc) is 3.03. The zero-order valence-corrected chi connectivity index (χ0v) is 13.4. The third-order valence-electron chi connectivity index (χ3n) is 3.95. The van der Waals surface area contributed by atoms with Crippen molar-refractivity contribution < 1.29 is 13.9 Å². The van der Waals surface area contributed by atoms with Crippen LogP contribution in [0.4, 0.5) is 10.1 Å². The second-order valence-electron chi connectivity index (χ2n) is 5.46. The van der Waals surface area contributed by atoms with Crippen molar-refractivity contribution in [3.63, 3.8) is 0 Å². The van der Waals surface area contributed by atoms with Gasteiger partial charge in [-0.25, -0.2) is 4.39 Å². The highest BCUT2D eigenvalue weighted by atomic mass is 19.1. The molecule has 3 rings (SSSR count). The minimum atomic E-state index is -1.43. The summed E-state index contributed by atoms with van der Waals surface area (Å²) in [6.07, 6.45) is -1.43. The highest BCUT2D eigenvalue weighted by Crippen LogP contribution is 2.26. The predicted molar refractivity (Wildman–Crippen MR) is 92.0 cm³/mol. The number of aromatic nitrogens is 1. The first kappa shape index (κ1) is 16.0. The van der Waals surface area contributed by atoms with E-state index < -0.39 is 6.30 Å². The first-order chi connectivity index (χ1) is 11.5. The lowest BCUT2D eigenvalue weighted by atomic mass is 10.0. The molecule has 0 aliphatic rings. The quantitative estimate of drug-likeness (QED) is 0.382. The number of carbonyl (C=O) groups is 1. The van der Waals surface area contributed by atoms with Crippen molar-refractivity contribution in [1.82, 2.24) is 10.3 Å². The molecule has 6 heteroatoms. The number of rotatable bonds is 5. The largest absolute Gasteiger partial charge is 0.497 e. The molecule has 0 aliphatic heterocycles. The molecule has 0 radical (unpaired) electrons. The van der Waals surface area contributed by atoms with Crippen LogP contribution in [-0.2, 0) is 0 Å². The van der Waals surface area contributed by atoms with Gasteiger partial charge in [0, 0.05) is 27.7 Å². The van der Waals surface area contributed by atoms with Gasteiger partial charge in [0.2, 0.25) is 5.78 Å². The first-order valence-electron chi connectivity index (χ1n) is 7.45. The van der Waals surface area contributed by atoms with E-state index >= 15 is 0 Å². The van der Waals surface area contributed by atoms with Crippen molar-refractivity contribution in [3.05, 3.63) is 59.3 Å². The fraction of sp³-hybridized carbons (Fsp3) is 0.167. The van der Waals surface area contributed by atoms with Crippen molar-refractivity contribution in [2.75, 3.05) is 19.9 Å². The van der Waals surface area contributed by atoms with Gasteiger partial charge in [-0.3, -0.25) is 10.1 Å². The Bertz CT molecular complexity index is 904. The average molecular weight is 327 g/mol. The van der Waals surface area contributed by atoms with Gasteiger partial charge < -0.3 is 15.5 Å². The smallest absolute Gasteiger partial charge is 0.209 e. The number of methoxy groups -OCH3 is 1. The van der Waals surface area contributed by atoms with Gasteiger partial charge in [0.1, 0.15) is 5.75 Å². The lowest BCUT2D eigenvalue weighted by Crippen LogP contribution is -2.14. The van der Waals surface area contributed by atoms with Crippen LogP contribution in [0.1, 0.15) is 27.9 Å². The number of anilines is 1. The van der Waals surface area contributed by atoms with E-state index in [1.165, 1.54) is 19.2 Å². The van der Waals surface area contributed by atoms with Crippen LogP contribution in [-0.4, -0.2) is 24.9 Å². The van der Waals surface area contributed by atoms with Crippen molar-refractivity contribution in [2.45, 2.75) is 6.30 Å². The normalized spacial score (nSPS) is 12.3. The number of fused-ring (bicyclic) bond motifs is 1. The fourth-order valence-corrected chi connectivity index (χ4v) is 2.61. The van der Waals surface area contributed by atoms with Gasteiger partial charge in [-0.1, -0.05) is 0 Å². The van der Waals surface area contributed by atoms with Gasteiger partial charge in [0.15, 0.2) is 6.30 Å². The molecular formula is C18H18FN3O2. The minimum Gasteiger partial charge on any atom is -0.497 e. The molecule has 1 unspecified atom stereocenters. The number of H-pyrrole nitrogens is 1. The van der Waals surface area contributed by atoms with E-state index in [1.807, 2.05) is 18.2 Å². The molecule has 24 heavy (non-hydrogen) atoms. The summed E-state index contributed by atoms with van der Waals surface area (Å²) < 4.78 is 19.1. The maximum atomic E-state index is 13.9. The number of alkyl halides is 1. The molecule has 0 aliphatic carbocycles. The monoisotopic (exact) mass is 327 g/mol. The summed E-state index contributed by atoms with van der Waals surface area (Å²) in [4.78, 5) is 15.8. The number of nitrogen functional groups attached to an aromatic ring is 1. The molecule has 3 aromatic rings. The number of hydrogen-bond donors (Lipinski definition) is 3. The molecule has 0 spiro atoms. The SMILES string of the molecule is CNC(F)c1cc(C(=O)c2cc3cc(OC)ccc3[nH]2)ccc1N. The molecule has 2 aromatic carbocycles. The Morgan fingerprint density at radius 2 is 2.04 bits per heavy atom. The fourth-order valence-electron chi connectivity index (χ4n) is 2.61. The molecule has 124 valence electrons. The van der Waals surface area contributed by atoms with Crippen LogP contribution in [0.25, 0.3) is 10.9 Å². The standard InChI is InChI=1S/C18H18FN3O2/c1-21-18(19)13-8-10(3-5-14(13)20)17(23)16-9-11-7-12(24-2)4-6-15(11)22-16/h3-9,18,21-22H,20H2,1-2H3. The third-order valence-corrected chi connectivity index (χ3v) is 3.95. The molecule has 1 atom stereocenters. The van der Waals surface area contributed by atoms with Gasteiger partial charge in [-0.05, 0) is 49.5 Å². The van der Waals surface area contributed by atoms with Crippen molar-refractivity contribution in [2.24, 2.45) is 0 Å². The van der Waals surface area contributed by atoms with Gasteiger partial charge in [-0.2, -0.15) is 0 Å². The molecule has 4 N–H and O–H groups in total. The maximum Gasteiger partial charge on any atom is 0.209 e. The highest BCUT2D eigenvalue weighted by Gasteiger charge is 2.17. The number of ether oxygens (including phenoxy) is 1. The van der Waals surface area contributed by atoms with E-state index in [1.54, 1.807) is 19.2 Å². The molecular weight excluding hydrogens is 309 g/mol. The summed E-state index contributed by atoms with van der Waals surface area (Å²) in [5.41, 5.74) is 7.96. The summed E-state index contributed by atoms with van der Waals surface area (Å²) in [5.74, 6) is 0.485. The van der Waals surface area contributed by atoms with E-state index in [9.17, 15) is 9.18 Å². The van der Waals surface area contributed by atoms with Crippen molar-refractivity contribution in [3.8, 4) is 5.75 Å². The summed E-state index contributed by atoms with van der Waals surface area (Å²) in [6.45, 7) is 0. The Kier molecular flexibility index (Phi) is 4.22. The molecule has 5 nitrogen and oxygen atoms in total. The summed E-state index contributed by atoms with van der Waals surface area (Å²) in [7, 11) is 3.08. The number of aromatic amines is 1. The van der Waals surface area contributed by atoms with E-state index in [2.05, 4.69) is 10.3 Å². The van der Waals surface area contributed by atoms with E-state index in [4.69, 9.17) is 10.5 Å². The molecule has 1 heterocycles. The third kappa shape index (κ3) is 2.83. The lowest BCUT2D eigenvalue weighted by Gasteiger charge is -2.11. The predicted octanol–water partition coefficient (Wildman–Crippen LogP) is 3.18. The molecule has 0 fully saturated rings. The Hall–Kier alpha value is -2.86. The zero-order chi connectivity index (χ0) is 17.3. The number of hydrogen-bond acceptors (Lipinski definition) is 4. The number of nitrogens with one attached hydrogen (secondary N) is 2. The minimum absolute atomic E-state index is 0.227. The summed E-state index contributed by atoms with van der Waals surface area (Å²) >= 11 is 0. The number of benzene rings is 2. The number of carbonyl (C=O) groups excluding carboxylic acids is 1. The second-order valence-corrected chi connectivity index (χ2v) is 5.46. The van der Waals surface area contributed by atoms with E-state index in [0.29, 0.717) is 22.7 Å². The van der Waals surface area contributed by atoms with Gasteiger partial charge in [0.05, 0.1) is 12.8 Å². The Morgan fingerprint density at radius 1 is 1.25 bits per heavy atom. The van der Waals surface area contributed by atoms with Crippen LogP contribution in [0, 0.1) is 0 Å². The lowest BCUT2D eigenvalue weighted by molar-refractivity contribution is 0.103. The second kappa shape index (κ2) is 6.33. The first-order valence-corrected chi connectivity index (χ1v) is 7.45. The molecule has 1 aromatic heterocycles. The van der Waals surface area contributed by atoms with E-state index in [0.717, 1.165) is 10.9 Å². The maximum absolute atomic E-state index is 13.9. The Labute approximate surface area is 138 Å². The Morgan fingerprint density at radius 3 is 2.75 bits per heavy atom. The van der Waals surface area contributed by atoms with Gasteiger partial charge in [0.25, 0.3) is 0 Å². The number of ketones is 1. The van der Waals surface area contributed by atoms with Crippen LogP contribution in [0.2, 0.25) is 0 Å². The number of halogens is 1.